The number of aromatic nitrogens is 2. The third-order valence-corrected chi connectivity index (χ3v) is 2.80. The molecule has 4 nitrogen and oxygen atoms in total. The van der Waals surface area contributed by atoms with Gasteiger partial charge in [-0.2, -0.15) is 18.3 Å². The van der Waals surface area contributed by atoms with E-state index in [0.29, 0.717) is 11.3 Å². The number of aromatic carboxylic acids is 1. The number of benzene rings is 1. The van der Waals surface area contributed by atoms with Gasteiger partial charge in [0, 0.05) is 6.20 Å². The first-order chi connectivity index (χ1) is 9.27. The van der Waals surface area contributed by atoms with Crippen molar-refractivity contribution < 1.29 is 23.1 Å². The van der Waals surface area contributed by atoms with E-state index < -0.39 is 17.7 Å². The van der Waals surface area contributed by atoms with Gasteiger partial charge in [-0.25, -0.2) is 4.79 Å². The SMILES string of the molecule is Cc1nn(Cc2ccc(C(F)(F)F)cc2)cc1C(=O)O. The average molecular weight is 284 g/mol. The summed E-state index contributed by atoms with van der Waals surface area (Å²) in [5, 5.41) is 12.9. The Morgan fingerprint density at radius 1 is 1.30 bits per heavy atom. The second-order valence-electron chi connectivity index (χ2n) is 4.33. The number of halogens is 3. The molecule has 1 heterocycles. The zero-order valence-corrected chi connectivity index (χ0v) is 10.5. The van der Waals surface area contributed by atoms with Crippen LogP contribution in [0.2, 0.25) is 0 Å². The number of aryl methyl sites for hydroxylation is 1. The highest BCUT2D eigenvalue weighted by Gasteiger charge is 2.29. The van der Waals surface area contributed by atoms with Crippen molar-refractivity contribution in [3.05, 3.63) is 52.8 Å². The van der Waals surface area contributed by atoms with Gasteiger partial charge in [0.25, 0.3) is 0 Å². The largest absolute Gasteiger partial charge is 0.478 e. The summed E-state index contributed by atoms with van der Waals surface area (Å²) in [6.45, 7) is 1.78. The summed E-state index contributed by atoms with van der Waals surface area (Å²) in [5.41, 5.74) is 0.336. The van der Waals surface area contributed by atoms with E-state index >= 15 is 0 Å². The Kier molecular flexibility index (Phi) is 3.52. The van der Waals surface area contributed by atoms with Gasteiger partial charge in [0.1, 0.15) is 5.56 Å². The summed E-state index contributed by atoms with van der Waals surface area (Å²) in [4.78, 5) is 10.9. The van der Waals surface area contributed by atoms with Crippen LogP contribution in [0.15, 0.2) is 30.5 Å². The number of hydrogen-bond acceptors (Lipinski definition) is 2. The van der Waals surface area contributed by atoms with Crippen LogP contribution in [0, 0.1) is 6.92 Å². The van der Waals surface area contributed by atoms with E-state index in [0.717, 1.165) is 12.1 Å². The number of hydrogen-bond donors (Lipinski definition) is 1. The molecule has 1 aromatic heterocycles. The molecule has 0 aliphatic rings. The van der Waals surface area contributed by atoms with E-state index in [-0.39, 0.29) is 12.1 Å². The quantitative estimate of drug-likeness (QED) is 0.942. The third-order valence-electron chi connectivity index (χ3n) is 2.80. The first-order valence-electron chi connectivity index (χ1n) is 5.71. The monoisotopic (exact) mass is 284 g/mol. The molecular weight excluding hydrogens is 273 g/mol. The summed E-state index contributed by atoms with van der Waals surface area (Å²) in [5.74, 6) is -1.08. The number of nitrogens with zero attached hydrogens (tertiary/aromatic N) is 2. The summed E-state index contributed by atoms with van der Waals surface area (Å²) in [6.07, 6.45) is -3.01. The predicted octanol–water partition coefficient (Wildman–Crippen LogP) is 2.96. The molecule has 106 valence electrons. The number of rotatable bonds is 3. The average Bonchev–Trinajstić information content (AvgIpc) is 2.70. The molecule has 7 heteroatoms. The number of carboxylic acids is 1. The molecule has 0 atom stereocenters. The second-order valence-corrected chi connectivity index (χ2v) is 4.33. The molecule has 0 amide bonds. The molecule has 0 saturated heterocycles. The van der Waals surface area contributed by atoms with Crippen molar-refractivity contribution >= 4 is 5.97 Å². The molecule has 1 N–H and O–H groups in total. The van der Waals surface area contributed by atoms with E-state index in [1.54, 1.807) is 6.92 Å². The number of alkyl halides is 3. The highest BCUT2D eigenvalue weighted by molar-refractivity contribution is 5.88. The van der Waals surface area contributed by atoms with Crippen LogP contribution in [0.3, 0.4) is 0 Å². The molecule has 0 aliphatic heterocycles. The molecule has 1 aromatic carbocycles. The minimum atomic E-state index is -4.36. The van der Waals surface area contributed by atoms with Gasteiger partial charge in [0.2, 0.25) is 0 Å². The fourth-order valence-corrected chi connectivity index (χ4v) is 1.80. The molecule has 0 aliphatic carbocycles. The van der Waals surface area contributed by atoms with Crippen molar-refractivity contribution in [1.29, 1.82) is 0 Å². The molecule has 0 spiro atoms. The lowest BCUT2D eigenvalue weighted by molar-refractivity contribution is -0.137. The van der Waals surface area contributed by atoms with Crippen LogP contribution in [0.25, 0.3) is 0 Å². The van der Waals surface area contributed by atoms with Crippen LogP contribution in [0.5, 0.6) is 0 Å². The van der Waals surface area contributed by atoms with Crippen molar-refractivity contribution in [1.82, 2.24) is 9.78 Å². The first-order valence-corrected chi connectivity index (χ1v) is 5.71. The molecule has 0 bridgehead atoms. The van der Waals surface area contributed by atoms with Crippen LogP contribution in [0.4, 0.5) is 13.2 Å². The lowest BCUT2D eigenvalue weighted by atomic mass is 10.1. The number of carbonyl (C=O) groups is 1. The Labute approximate surface area is 112 Å². The Hall–Kier alpha value is -2.31. The van der Waals surface area contributed by atoms with Crippen molar-refractivity contribution in [2.24, 2.45) is 0 Å². The molecular formula is C13H11F3N2O2. The van der Waals surface area contributed by atoms with Gasteiger partial charge in [0.15, 0.2) is 0 Å². The highest BCUT2D eigenvalue weighted by atomic mass is 19.4. The third kappa shape index (κ3) is 2.98. The lowest BCUT2D eigenvalue weighted by Gasteiger charge is -2.07. The smallest absolute Gasteiger partial charge is 0.416 e. The molecule has 0 radical (unpaired) electrons. The van der Waals surface area contributed by atoms with Crippen molar-refractivity contribution in [2.75, 3.05) is 0 Å². The van der Waals surface area contributed by atoms with Crippen molar-refractivity contribution in [3.8, 4) is 0 Å². The Balaban J connectivity index is 2.18. The lowest BCUT2D eigenvalue weighted by Crippen LogP contribution is -2.06. The molecule has 2 aromatic rings. The van der Waals surface area contributed by atoms with E-state index in [1.807, 2.05) is 0 Å². The van der Waals surface area contributed by atoms with Gasteiger partial charge in [-0.15, -0.1) is 0 Å². The zero-order valence-electron chi connectivity index (χ0n) is 10.5. The van der Waals surface area contributed by atoms with Gasteiger partial charge in [-0.05, 0) is 24.6 Å². The summed E-state index contributed by atoms with van der Waals surface area (Å²) in [6, 6.07) is 4.67. The minimum Gasteiger partial charge on any atom is -0.478 e. The Morgan fingerprint density at radius 2 is 1.90 bits per heavy atom. The van der Waals surface area contributed by atoms with E-state index in [9.17, 15) is 18.0 Å². The zero-order chi connectivity index (χ0) is 14.9. The van der Waals surface area contributed by atoms with E-state index in [2.05, 4.69) is 5.10 Å². The van der Waals surface area contributed by atoms with Gasteiger partial charge >= 0.3 is 12.1 Å². The minimum absolute atomic E-state index is 0.0805. The fraction of sp³-hybridized carbons (Fsp3) is 0.231. The van der Waals surface area contributed by atoms with Crippen LogP contribution in [0.1, 0.15) is 27.2 Å². The van der Waals surface area contributed by atoms with Gasteiger partial charge in [-0.1, -0.05) is 12.1 Å². The van der Waals surface area contributed by atoms with Crippen LogP contribution in [-0.2, 0) is 12.7 Å². The standard InChI is InChI=1S/C13H11F3N2O2/c1-8-11(12(19)20)7-18(17-8)6-9-2-4-10(5-3-9)13(14,15)16/h2-5,7H,6H2,1H3,(H,19,20). The van der Waals surface area contributed by atoms with Crippen molar-refractivity contribution in [2.45, 2.75) is 19.6 Å². The van der Waals surface area contributed by atoms with Gasteiger partial charge in [-0.3, -0.25) is 4.68 Å². The van der Waals surface area contributed by atoms with E-state index in [4.69, 9.17) is 5.11 Å². The topological polar surface area (TPSA) is 55.1 Å². The van der Waals surface area contributed by atoms with E-state index in [1.165, 1.54) is 23.0 Å². The summed E-state index contributed by atoms with van der Waals surface area (Å²) >= 11 is 0. The molecule has 20 heavy (non-hydrogen) atoms. The highest BCUT2D eigenvalue weighted by Crippen LogP contribution is 2.29. The Morgan fingerprint density at radius 3 is 2.35 bits per heavy atom. The Bertz CT molecular complexity index is 630. The molecule has 2 rings (SSSR count). The fourth-order valence-electron chi connectivity index (χ4n) is 1.80. The van der Waals surface area contributed by atoms with Gasteiger partial charge in [0.05, 0.1) is 17.8 Å². The van der Waals surface area contributed by atoms with Crippen LogP contribution >= 0.6 is 0 Å². The summed E-state index contributed by atoms with van der Waals surface area (Å²) < 4.78 is 38.6. The molecule has 0 saturated carbocycles. The molecule has 0 unspecified atom stereocenters. The van der Waals surface area contributed by atoms with Crippen LogP contribution in [-0.4, -0.2) is 20.9 Å². The first kappa shape index (κ1) is 14.1. The maximum absolute atomic E-state index is 12.4. The second kappa shape index (κ2) is 4.99. The predicted molar refractivity (Wildman–Crippen MR) is 64.5 cm³/mol. The van der Waals surface area contributed by atoms with Crippen molar-refractivity contribution in [3.63, 3.8) is 0 Å². The van der Waals surface area contributed by atoms with Gasteiger partial charge < -0.3 is 5.11 Å². The van der Waals surface area contributed by atoms with Crippen LogP contribution < -0.4 is 0 Å². The maximum atomic E-state index is 12.4. The normalized spacial score (nSPS) is 11.6. The summed E-state index contributed by atoms with van der Waals surface area (Å²) in [7, 11) is 0. The number of carboxylic acid groups (broad SMARTS) is 1. The molecule has 0 fully saturated rings. The maximum Gasteiger partial charge on any atom is 0.416 e.